The molecule has 1 unspecified atom stereocenters. The minimum Gasteiger partial charge on any atom is -0.593 e. The maximum absolute atomic E-state index is 13.0. The van der Waals surface area contributed by atoms with Crippen LogP contribution in [0.5, 0.6) is 5.75 Å². The molecule has 194 valence electrons. The van der Waals surface area contributed by atoms with Gasteiger partial charge in [-0.2, -0.15) is 0 Å². The second-order valence-electron chi connectivity index (χ2n) is 8.64. The van der Waals surface area contributed by atoms with Crippen molar-refractivity contribution in [2.45, 2.75) is 39.0 Å². The lowest BCUT2D eigenvalue weighted by Gasteiger charge is -2.23. The molecule has 7 nitrogen and oxygen atoms in total. The summed E-state index contributed by atoms with van der Waals surface area (Å²) in [6.07, 6.45) is 0.949. The van der Waals surface area contributed by atoms with Crippen LogP contribution in [0.1, 0.15) is 30.5 Å². The smallest absolute Gasteiger partial charge is 0.252 e. The lowest BCUT2D eigenvalue weighted by molar-refractivity contribution is -0.122. The van der Waals surface area contributed by atoms with Gasteiger partial charge >= 0.3 is 0 Å². The van der Waals surface area contributed by atoms with E-state index in [-0.39, 0.29) is 12.5 Å². The zero-order chi connectivity index (χ0) is 26.0. The summed E-state index contributed by atoms with van der Waals surface area (Å²) in [5.41, 5.74) is 3.91. The van der Waals surface area contributed by atoms with Gasteiger partial charge in [0, 0.05) is 37.5 Å². The van der Waals surface area contributed by atoms with E-state index in [9.17, 15) is 9.35 Å². The molecule has 2 rings (SSSR count). The van der Waals surface area contributed by atoms with Crippen LogP contribution >= 0.6 is 0 Å². The van der Waals surface area contributed by atoms with Crippen molar-refractivity contribution in [2.24, 2.45) is 0 Å². The summed E-state index contributed by atoms with van der Waals surface area (Å²) in [6, 6.07) is 11.9. The number of anilines is 1. The number of likely N-dealkylation sites (N-methyl/N-ethyl adjacent to an activating group) is 3. The van der Waals surface area contributed by atoms with Crippen molar-refractivity contribution < 1.29 is 18.8 Å². The van der Waals surface area contributed by atoms with E-state index in [1.54, 1.807) is 30.4 Å². The number of ether oxygens (including phenoxy) is 2. The fourth-order valence-corrected chi connectivity index (χ4v) is 5.10. The van der Waals surface area contributed by atoms with E-state index in [2.05, 4.69) is 30.9 Å². The summed E-state index contributed by atoms with van der Waals surface area (Å²) >= 11 is -1.33. The zero-order valence-corrected chi connectivity index (χ0v) is 23.1. The predicted octanol–water partition coefficient (Wildman–Crippen LogP) is 3.83. The highest BCUT2D eigenvalue weighted by molar-refractivity contribution is 7.89. The summed E-state index contributed by atoms with van der Waals surface area (Å²) < 4.78 is 25.7. The molecule has 0 aliphatic carbocycles. The van der Waals surface area contributed by atoms with Crippen LogP contribution in [0, 0.1) is 13.8 Å². The van der Waals surface area contributed by atoms with E-state index < -0.39 is 11.4 Å². The summed E-state index contributed by atoms with van der Waals surface area (Å²) in [7, 11) is 5.18. The van der Waals surface area contributed by atoms with Gasteiger partial charge in [0.2, 0.25) is 0 Å². The van der Waals surface area contributed by atoms with Gasteiger partial charge in [-0.3, -0.25) is 4.79 Å². The van der Waals surface area contributed by atoms with E-state index >= 15 is 0 Å². The molecule has 0 N–H and O–H groups in total. The molecule has 2 aromatic carbocycles. The van der Waals surface area contributed by atoms with Gasteiger partial charge in [-0.1, -0.05) is 26.0 Å². The van der Waals surface area contributed by atoms with Crippen molar-refractivity contribution in [2.75, 3.05) is 65.5 Å². The molecule has 0 aliphatic rings. The zero-order valence-electron chi connectivity index (χ0n) is 22.3. The standard InChI is InChI=1S/C27H41N3O4S/c1-8-30(9-2)14-13-23-11-10-12-24(19-23)29(6)26(31)20-34-16-15-28(5)35(32)27-21(3)17-25(33-7)18-22(27)4/h10-12,17-19H,8-9,13-16,20H2,1-7H3. The normalized spacial score (nSPS) is 12.3. The van der Waals surface area contributed by atoms with Crippen LogP contribution in [0.3, 0.4) is 0 Å². The minimum absolute atomic E-state index is 0.0265. The highest BCUT2D eigenvalue weighted by Gasteiger charge is 2.24. The quantitative estimate of drug-likeness (QED) is 0.288. The maximum atomic E-state index is 13.0. The maximum Gasteiger partial charge on any atom is 0.252 e. The molecule has 1 amide bonds. The van der Waals surface area contributed by atoms with Crippen LogP contribution in [0.2, 0.25) is 0 Å². The first-order valence-corrected chi connectivity index (χ1v) is 13.3. The molecule has 0 saturated heterocycles. The van der Waals surface area contributed by atoms with Gasteiger partial charge in [0.15, 0.2) is 4.90 Å². The van der Waals surface area contributed by atoms with Crippen molar-refractivity contribution in [3.63, 3.8) is 0 Å². The van der Waals surface area contributed by atoms with E-state index in [4.69, 9.17) is 9.47 Å². The minimum atomic E-state index is -1.33. The number of hydrogen-bond acceptors (Lipinski definition) is 6. The molecule has 0 radical (unpaired) electrons. The lowest BCUT2D eigenvalue weighted by Crippen LogP contribution is -2.34. The largest absolute Gasteiger partial charge is 0.593 e. The molecule has 0 spiro atoms. The topological polar surface area (TPSA) is 68.3 Å². The van der Waals surface area contributed by atoms with E-state index in [0.29, 0.717) is 13.2 Å². The molecule has 8 heteroatoms. The Bertz CT molecular complexity index is 929. The molecule has 0 aromatic heterocycles. The average Bonchev–Trinajstić information content (AvgIpc) is 2.85. The Labute approximate surface area is 214 Å². The van der Waals surface area contributed by atoms with Crippen molar-refractivity contribution >= 4 is 23.0 Å². The summed E-state index contributed by atoms with van der Waals surface area (Å²) in [6.45, 7) is 12.0. The molecule has 0 bridgehead atoms. The number of methoxy groups -OCH3 is 1. The van der Waals surface area contributed by atoms with Gasteiger partial charge in [-0.25, -0.2) is 0 Å². The second kappa shape index (κ2) is 14.5. The third-order valence-electron chi connectivity index (χ3n) is 6.19. The van der Waals surface area contributed by atoms with E-state index in [1.165, 1.54) is 5.56 Å². The molecular formula is C27H41N3O4S. The monoisotopic (exact) mass is 503 g/mol. The number of carbonyl (C=O) groups excluding carboxylic acids is 1. The number of hydrogen-bond donors (Lipinski definition) is 0. The lowest BCUT2D eigenvalue weighted by atomic mass is 10.1. The first-order chi connectivity index (χ1) is 16.7. The Morgan fingerprint density at radius 1 is 1.03 bits per heavy atom. The third-order valence-corrected chi connectivity index (χ3v) is 7.93. The van der Waals surface area contributed by atoms with Gasteiger partial charge in [0.05, 0.1) is 31.6 Å². The number of carbonyl (C=O) groups is 1. The Kier molecular flexibility index (Phi) is 12.0. The molecule has 0 aliphatic heterocycles. The number of benzene rings is 2. The molecule has 35 heavy (non-hydrogen) atoms. The van der Waals surface area contributed by atoms with Gasteiger partial charge in [0.25, 0.3) is 5.91 Å². The summed E-state index contributed by atoms with van der Waals surface area (Å²) in [5, 5.41) is 0. The molecule has 0 fully saturated rings. The van der Waals surface area contributed by atoms with Crippen LogP contribution in [-0.2, 0) is 27.3 Å². The number of aryl methyl sites for hydroxylation is 2. The van der Waals surface area contributed by atoms with Gasteiger partial charge < -0.3 is 23.8 Å². The average molecular weight is 504 g/mol. The fourth-order valence-electron chi connectivity index (χ4n) is 3.88. The summed E-state index contributed by atoms with van der Waals surface area (Å²) in [4.78, 5) is 17.5. The third kappa shape index (κ3) is 8.51. The van der Waals surface area contributed by atoms with Crippen molar-refractivity contribution in [3.8, 4) is 5.75 Å². The Morgan fingerprint density at radius 3 is 2.29 bits per heavy atom. The molecular weight excluding hydrogens is 462 g/mol. The van der Waals surface area contributed by atoms with Crippen LogP contribution in [0.4, 0.5) is 5.69 Å². The highest BCUT2D eigenvalue weighted by atomic mass is 32.2. The van der Waals surface area contributed by atoms with Crippen LogP contribution in [0.25, 0.3) is 0 Å². The second-order valence-corrected chi connectivity index (χ2v) is 10.2. The first kappa shape index (κ1) is 29.1. The SMILES string of the molecule is CCN(CC)CCc1cccc(N(C)C(=O)COCCN(C)[S+]([O-])c2c(C)cc(OC)cc2C)c1. The van der Waals surface area contributed by atoms with Gasteiger partial charge in [0.1, 0.15) is 12.4 Å². The van der Waals surface area contributed by atoms with Crippen LogP contribution < -0.4 is 9.64 Å². The molecule has 2 aromatic rings. The van der Waals surface area contributed by atoms with Crippen LogP contribution in [0.15, 0.2) is 41.3 Å². The Balaban J connectivity index is 1.84. The Morgan fingerprint density at radius 2 is 1.69 bits per heavy atom. The molecule has 0 heterocycles. The van der Waals surface area contributed by atoms with Crippen LogP contribution in [-0.4, -0.2) is 80.3 Å². The predicted molar refractivity (Wildman–Crippen MR) is 144 cm³/mol. The fraction of sp³-hybridized carbons (Fsp3) is 0.519. The van der Waals surface area contributed by atoms with Crippen molar-refractivity contribution in [1.82, 2.24) is 9.21 Å². The number of amides is 1. The number of rotatable bonds is 14. The molecule has 1 atom stereocenters. The molecule has 0 saturated carbocycles. The summed E-state index contributed by atoms with van der Waals surface area (Å²) in [5.74, 6) is 0.639. The first-order valence-electron chi connectivity index (χ1n) is 12.2. The number of nitrogens with zero attached hydrogens (tertiary/aromatic N) is 3. The van der Waals surface area contributed by atoms with Crippen molar-refractivity contribution in [3.05, 3.63) is 53.1 Å². The van der Waals surface area contributed by atoms with Crippen molar-refractivity contribution in [1.29, 1.82) is 0 Å². The van der Waals surface area contributed by atoms with E-state index in [0.717, 1.165) is 53.5 Å². The Hall–Kier alpha value is -2.10. The highest BCUT2D eigenvalue weighted by Crippen LogP contribution is 2.27. The van der Waals surface area contributed by atoms with Gasteiger partial charge in [-0.15, -0.1) is 4.31 Å². The van der Waals surface area contributed by atoms with Gasteiger partial charge in [-0.05, 0) is 63.2 Å². The van der Waals surface area contributed by atoms with E-state index in [1.807, 2.05) is 38.1 Å².